The summed E-state index contributed by atoms with van der Waals surface area (Å²) in [5, 5.41) is 11.5. The van der Waals surface area contributed by atoms with E-state index in [1.165, 1.54) is 9.20 Å². The van der Waals surface area contributed by atoms with Crippen LogP contribution < -0.4 is 10.9 Å². The molecule has 25 heavy (non-hydrogen) atoms. The number of amides is 1. The van der Waals surface area contributed by atoms with E-state index >= 15 is 0 Å². The summed E-state index contributed by atoms with van der Waals surface area (Å²) < 4.78 is 2.71. The van der Waals surface area contributed by atoms with Crippen molar-refractivity contribution < 1.29 is 4.79 Å². The van der Waals surface area contributed by atoms with Crippen LogP contribution in [0.15, 0.2) is 41.2 Å². The Labute approximate surface area is 145 Å². The Kier molecular flexibility index (Phi) is 4.65. The molecule has 1 N–H and O–H groups in total. The van der Waals surface area contributed by atoms with Gasteiger partial charge < -0.3 is 5.32 Å². The van der Waals surface area contributed by atoms with Gasteiger partial charge in [0.05, 0.1) is 5.69 Å². The molecule has 130 valence electrons. The zero-order valence-corrected chi connectivity index (χ0v) is 14.6. The van der Waals surface area contributed by atoms with E-state index in [1.807, 2.05) is 44.2 Å². The van der Waals surface area contributed by atoms with Crippen molar-refractivity contribution in [3.8, 4) is 11.3 Å². The Morgan fingerprint density at radius 2 is 1.96 bits per heavy atom. The minimum atomic E-state index is -0.334. The van der Waals surface area contributed by atoms with Crippen LogP contribution in [0, 0.1) is 6.92 Å². The lowest BCUT2D eigenvalue weighted by Gasteiger charge is -2.12. The standard InChI is InChI=1S/C18H21N5O2/c1-4-12(2)19-17(24)11-22-18(25)16-10-15(14-8-6-5-7-9-14)21-23(16)13(3)20-22/h5-10,12H,4,11H2,1-3H3,(H,19,24)/t12-/m0/s1. The van der Waals surface area contributed by atoms with Crippen molar-refractivity contribution in [3.05, 3.63) is 52.6 Å². The van der Waals surface area contributed by atoms with Gasteiger partial charge in [0.25, 0.3) is 5.56 Å². The second-order valence-corrected chi connectivity index (χ2v) is 6.08. The number of benzene rings is 1. The third kappa shape index (κ3) is 3.45. The van der Waals surface area contributed by atoms with Gasteiger partial charge in [-0.25, -0.2) is 9.20 Å². The van der Waals surface area contributed by atoms with Crippen molar-refractivity contribution in [1.82, 2.24) is 24.7 Å². The minimum absolute atomic E-state index is 0.0627. The Balaban J connectivity index is 1.98. The molecular weight excluding hydrogens is 318 g/mol. The van der Waals surface area contributed by atoms with Gasteiger partial charge in [-0.05, 0) is 26.3 Å². The van der Waals surface area contributed by atoms with E-state index in [-0.39, 0.29) is 24.1 Å². The topological polar surface area (TPSA) is 81.3 Å². The molecule has 7 heteroatoms. The van der Waals surface area contributed by atoms with Crippen LogP contribution in [0.3, 0.4) is 0 Å². The van der Waals surface area contributed by atoms with Crippen LogP contribution in [0.1, 0.15) is 26.1 Å². The van der Waals surface area contributed by atoms with Crippen molar-refractivity contribution >= 4 is 11.4 Å². The van der Waals surface area contributed by atoms with Crippen LogP contribution in [0.4, 0.5) is 0 Å². The Hall–Kier alpha value is -2.96. The summed E-state index contributed by atoms with van der Waals surface area (Å²) in [6.45, 7) is 5.57. The first kappa shape index (κ1) is 16.9. The zero-order chi connectivity index (χ0) is 18.0. The molecule has 2 heterocycles. The van der Waals surface area contributed by atoms with Gasteiger partial charge in [-0.3, -0.25) is 9.59 Å². The average Bonchev–Trinajstić information content (AvgIpc) is 3.06. The maximum atomic E-state index is 12.7. The summed E-state index contributed by atoms with van der Waals surface area (Å²) in [6, 6.07) is 11.4. The number of nitrogens with zero attached hydrogens (tertiary/aromatic N) is 4. The van der Waals surface area contributed by atoms with Gasteiger partial charge >= 0.3 is 0 Å². The second kappa shape index (κ2) is 6.88. The lowest BCUT2D eigenvalue weighted by Crippen LogP contribution is -2.38. The van der Waals surface area contributed by atoms with Gasteiger partial charge in [0, 0.05) is 11.6 Å². The van der Waals surface area contributed by atoms with E-state index in [2.05, 4.69) is 15.5 Å². The highest BCUT2D eigenvalue weighted by atomic mass is 16.2. The molecule has 0 spiro atoms. The second-order valence-electron chi connectivity index (χ2n) is 6.08. The monoisotopic (exact) mass is 339 g/mol. The maximum Gasteiger partial charge on any atom is 0.293 e. The number of carbonyl (C=O) groups excluding carboxylic acids is 1. The molecule has 2 aromatic heterocycles. The molecule has 0 bridgehead atoms. The van der Waals surface area contributed by atoms with Crippen LogP contribution in [0.25, 0.3) is 16.8 Å². The van der Waals surface area contributed by atoms with Crippen molar-refractivity contribution in [2.24, 2.45) is 0 Å². The van der Waals surface area contributed by atoms with Gasteiger partial charge in [-0.1, -0.05) is 37.3 Å². The van der Waals surface area contributed by atoms with Crippen LogP contribution in [-0.2, 0) is 11.3 Å². The smallest absolute Gasteiger partial charge is 0.293 e. The van der Waals surface area contributed by atoms with E-state index in [0.717, 1.165) is 12.0 Å². The lowest BCUT2D eigenvalue weighted by atomic mass is 10.1. The molecular formula is C18H21N5O2. The highest BCUT2D eigenvalue weighted by Gasteiger charge is 2.15. The Morgan fingerprint density at radius 1 is 1.24 bits per heavy atom. The highest BCUT2D eigenvalue weighted by molar-refractivity contribution is 5.76. The summed E-state index contributed by atoms with van der Waals surface area (Å²) in [4.78, 5) is 24.8. The number of rotatable bonds is 5. The summed E-state index contributed by atoms with van der Waals surface area (Å²) in [5.41, 5.74) is 1.69. The summed E-state index contributed by atoms with van der Waals surface area (Å²) in [7, 11) is 0. The van der Waals surface area contributed by atoms with Crippen LogP contribution in [0.2, 0.25) is 0 Å². The van der Waals surface area contributed by atoms with Crippen molar-refractivity contribution in [2.75, 3.05) is 0 Å². The third-order valence-corrected chi connectivity index (χ3v) is 4.12. The first-order valence-corrected chi connectivity index (χ1v) is 8.32. The number of aromatic nitrogens is 4. The maximum absolute atomic E-state index is 12.7. The van der Waals surface area contributed by atoms with Crippen LogP contribution in [-0.4, -0.2) is 31.3 Å². The van der Waals surface area contributed by atoms with Crippen LogP contribution >= 0.6 is 0 Å². The zero-order valence-electron chi connectivity index (χ0n) is 14.6. The molecule has 0 aliphatic rings. The fourth-order valence-corrected chi connectivity index (χ4v) is 2.59. The average molecular weight is 339 g/mol. The molecule has 0 fully saturated rings. The predicted molar refractivity (Wildman–Crippen MR) is 95.3 cm³/mol. The largest absolute Gasteiger partial charge is 0.352 e. The molecule has 7 nitrogen and oxygen atoms in total. The van der Waals surface area contributed by atoms with Gasteiger partial charge in [0.1, 0.15) is 17.9 Å². The van der Waals surface area contributed by atoms with Crippen molar-refractivity contribution in [3.63, 3.8) is 0 Å². The van der Waals surface area contributed by atoms with Crippen molar-refractivity contribution in [2.45, 2.75) is 39.8 Å². The summed E-state index contributed by atoms with van der Waals surface area (Å²) >= 11 is 0. The SMILES string of the molecule is CC[C@H](C)NC(=O)Cn1nc(C)n2nc(-c3ccccc3)cc2c1=O. The fraction of sp³-hybridized carbons (Fsp3) is 0.333. The fourth-order valence-electron chi connectivity index (χ4n) is 2.59. The Morgan fingerprint density at radius 3 is 2.64 bits per heavy atom. The van der Waals surface area contributed by atoms with Crippen LogP contribution in [0.5, 0.6) is 0 Å². The first-order valence-electron chi connectivity index (χ1n) is 8.32. The predicted octanol–water partition coefficient (Wildman–Crippen LogP) is 1.78. The molecule has 1 atom stereocenters. The Bertz CT molecular complexity index is 959. The summed E-state index contributed by atoms with van der Waals surface area (Å²) in [5.74, 6) is 0.323. The van der Waals surface area contributed by atoms with E-state index in [4.69, 9.17) is 0 Å². The normalized spacial score (nSPS) is 12.3. The minimum Gasteiger partial charge on any atom is -0.352 e. The van der Waals surface area contributed by atoms with Crippen molar-refractivity contribution in [1.29, 1.82) is 0 Å². The number of fused-ring (bicyclic) bond motifs is 1. The van der Waals surface area contributed by atoms with E-state index in [9.17, 15) is 9.59 Å². The number of nitrogens with one attached hydrogen (secondary N) is 1. The molecule has 0 unspecified atom stereocenters. The number of hydrogen-bond acceptors (Lipinski definition) is 4. The molecule has 3 rings (SSSR count). The van der Waals surface area contributed by atoms with E-state index < -0.39 is 0 Å². The quantitative estimate of drug-likeness (QED) is 0.768. The molecule has 0 aliphatic carbocycles. The molecule has 0 saturated heterocycles. The molecule has 0 radical (unpaired) electrons. The number of carbonyl (C=O) groups is 1. The van der Waals surface area contributed by atoms with E-state index in [0.29, 0.717) is 17.0 Å². The number of hydrogen-bond donors (Lipinski definition) is 1. The molecule has 0 aliphatic heterocycles. The van der Waals surface area contributed by atoms with Gasteiger partial charge in [0.2, 0.25) is 5.91 Å². The van der Waals surface area contributed by atoms with Gasteiger partial charge in [0.15, 0.2) is 0 Å². The molecule has 3 aromatic rings. The van der Waals surface area contributed by atoms with E-state index in [1.54, 1.807) is 13.0 Å². The molecule has 1 amide bonds. The highest BCUT2D eigenvalue weighted by Crippen LogP contribution is 2.18. The first-order chi connectivity index (χ1) is 12.0. The number of aryl methyl sites for hydroxylation is 1. The molecule has 0 saturated carbocycles. The summed E-state index contributed by atoms with van der Waals surface area (Å²) in [6.07, 6.45) is 0.829. The van der Waals surface area contributed by atoms with Gasteiger partial charge in [-0.2, -0.15) is 10.2 Å². The third-order valence-electron chi connectivity index (χ3n) is 4.12. The lowest BCUT2D eigenvalue weighted by molar-refractivity contribution is -0.122. The molecule has 1 aromatic carbocycles. The van der Waals surface area contributed by atoms with Gasteiger partial charge in [-0.15, -0.1) is 0 Å².